The third kappa shape index (κ3) is 4.89. The largest absolute Gasteiger partial charge is 0.465 e. The van der Waals surface area contributed by atoms with Crippen LogP contribution in [0.5, 0.6) is 0 Å². The van der Waals surface area contributed by atoms with E-state index in [9.17, 15) is 31.5 Å². The molecule has 3 rings (SSSR count). The fraction of sp³-hybridized carbons (Fsp3) is 0.263. The number of pyridine rings is 1. The summed E-state index contributed by atoms with van der Waals surface area (Å²) in [5, 5.41) is 17.6. The van der Waals surface area contributed by atoms with Gasteiger partial charge in [-0.1, -0.05) is 5.21 Å². The lowest BCUT2D eigenvalue weighted by Crippen LogP contribution is -2.34. The molecule has 1 amide bonds. The first kappa shape index (κ1) is 24.0. The van der Waals surface area contributed by atoms with E-state index < -0.39 is 45.2 Å². The first-order chi connectivity index (χ1) is 15.3. The van der Waals surface area contributed by atoms with Crippen LogP contribution >= 0.6 is 0 Å². The van der Waals surface area contributed by atoms with Gasteiger partial charge in [-0.05, 0) is 32.0 Å². The minimum absolute atomic E-state index is 0.0104. The van der Waals surface area contributed by atoms with Crippen LogP contribution in [-0.4, -0.2) is 45.9 Å². The van der Waals surface area contributed by atoms with Crippen molar-refractivity contribution in [3.05, 3.63) is 53.0 Å². The zero-order chi connectivity index (χ0) is 24.7. The number of rotatable bonds is 6. The molecule has 14 heteroatoms. The lowest BCUT2D eigenvalue weighted by molar-refractivity contribution is 0.199. The second-order valence-corrected chi connectivity index (χ2v) is 8.95. The number of aromatic nitrogens is 4. The molecule has 0 spiro atoms. The fourth-order valence-corrected chi connectivity index (χ4v) is 3.84. The number of carbonyl (C=O) groups is 1. The quantitative estimate of drug-likeness (QED) is 0.514. The zero-order valence-electron chi connectivity index (χ0n) is 17.8. The minimum atomic E-state index is -3.56. The molecule has 0 saturated carbocycles. The lowest BCUT2D eigenvalue weighted by Gasteiger charge is -2.27. The normalized spacial score (nSPS) is 12.5. The van der Waals surface area contributed by atoms with Gasteiger partial charge in [0, 0.05) is 18.7 Å². The Hall–Kier alpha value is -3.68. The third-order valence-corrected chi connectivity index (χ3v) is 5.32. The molecule has 1 unspecified atom stereocenters. The number of anilines is 2. The number of aryl methyl sites for hydroxylation is 2. The molecule has 0 aliphatic carbocycles. The van der Waals surface area contributed by atoms with Crippen molar-refractivity contribution in [1.29, 1.82) is 0 Å². The SMILES string of the molecule is Cc1nc(-c2nnn(C)c2N(C(=O)O)C(C)c2cc(F)c(F)cc2F)ccc1NS(C)(=O)=O. The first-order valence-corrected chi connectivity index (χ1v) is 11.2. The molecule has 0 bridgehead atoms. The van der Waals surface area contributed by atoms with Crippen molar-refractivity contribution in [2.75, 3.05) is 15.9 Å². The molecule has 0 saturated heterocycles. The highest BCUT2D eigenvalue weighted by atomic mass is 32.2. The molecule has 33 heavy (non-hydrogen) atoms. The second kappa shape index (κ2) is 8.69. The summed E-state index contributed by atoms with van der Waals surface area (Å²) in [5.41, 5.74) is 0.220. The number of carboxylic acid groups (broad SMARTS) is 1. The van der Waals surface area contributed by atoms with E-state index >= 15 is 0 Å². The number of benzene rings is 1. The van der Waals surface area contributed by atoms with Gasteiger partial charge in [0.25, 0.3) is 0 Å². The molecule has 2 N–H and O–H groups in total. The second-order valence-electron chi connectivity index (χ2n) is 7.21. The third-order valence-electron chi connectivity index (χ3n) is 4.73. The molecule has 0 aliphatic heterocycles. The van der Waals surface area contributed by atoms with Crippen molar-refractivity contribution in [1.82, 2.24) is 20.0 Å². The van der Waals surface area contributed by atoms with Crippen LogP contribution < -0.4 is 9.62 Å². The molecule has 1 atom stereocenters. The van der Waals surface area contributed by atoms with Crippen LogP contribution in [0.2, 0.25) is 0 Å². The Bertz CT molecular complexity index is 1350. The van der Waals surface area contributed by atoms with Crippen molar-refractivity contribution in [3.8, 4) is 11.4 Å². The predicted octanol–water partition coefficient (Wildman–Crippen LogP) is 3.22. The van der Waals surface area contributed by atoms with Gasteiger partial charge < -0.3 is 5.11 Å². The van der Waals surface area contributed by atoms with Crippen LogP contribution in [0.1, 0.15) is 24.2 Å². The molecule has 0 aliphatic rings. The predicted molar refractivity (Wildman–Crippen MR) is 113 cm³/mol. The Balaban J connectivity index is 2.12. The van der Waals surface area contributed by atoms with Crippen LogP contribution in [0.15, 0.2) is 24.3 Å². The molecular formula is C19H19F3N6O4S. The average Bonchev–Trinajstić information content (AvgIpc) is 3.06. The number of halogens is 3. The molecule has 3 aromatic rings. The fourth-order valence-electron chi connectivity index (χ4n) is 3.23. The number of sulfonamides is 1. The van der Waals surface area contributed by atoms with Gasteiger partial charge in [0.05, 0.1) is 29.4 Å². The van der Waals surface area contributed by atoms with E-state index in [0.717, 1.165) is 10.9 Å². The molecule has 2 aromatic heterocycles. The van der Waals surface area contributed by atoms with Gasteiger partial charge in [0.1, 0.15) is 5.82 Å². The van der Waals surface area contributed by atoms with Gasteiger partial charge in [-0.15, -0.1) is 5.10 Å². The van der Waals surface area contributed by atoms with E-state index in [4.69, 9.17) is 0 Å². The highest BCUT2D eigenvalue weighted by Crippen LogP contribution is 2.35. The Morgan fingerprint density at radius 2 is 1.82 bits per heavy atom. The number of hydrogen-bond donors (Lipinski definition) is 2. The summed E-state index contributed by atoms with van der Waals surface area (Å²) in [7, 11) is -2.17. The van der Waals surface area contributed by atoms with E-state index in [1.807, 2.05) is 0 Å². The summed E-state index contributed by atoms with van der Waals surface area (Å²) in [6.45, 7) is 2.82. The maximum atomic E-state index is 14.4. The van der Waals surface area contributed by atoms with Crippen molar-refractivity contribution in [2.24, 2.45) is 7.05 Å². The van der Waals surface area contributed by atoms with E-state index in [-0.39, 0.29) is 28.6 Å². The topological polar surface area (TPSA) is 130 Å². The summed E-state index contributed by atoms with van der Waals surface area (Å²) >= 11 is 0. The van der Waals surface area contributed by atoms with Crippen LogP contribution in [0.3, 0.4) is 0 Å². The van der Waals surface area contributed by atoms with Crippen LogP contribution in [0, 0.1) is 24.4 Å². The van der Waals surface area contributed by atoms with Crippen LogP contribution in [0.25, 0.3) is 11.4 Å². The summed E-state index contributed by atoms with van der Waals surface area (Å²) in [6.07, 6.45) is -0.560. The van der Waals surface area contributed by atoms with E-state index in [1.165, 1.54) is 33.0 Å². The molecule has 0 radical (unpaired) electrons. The lowest BCUT2D eigenvalue weighted by atomic mass is 10.1. The van der Waals surface area contributed by atoms with Gasteiger partial charge in [-0.3, -0.25) is 9.62 Å². The average molecular weight is 484 g/mol. The Morgan fingerprint density at radius 3 is 2.39 bits per heavy atom. The monoisotopic (exact) mass is 484 g/mol. The summed E-state index contributed by atoms with van der Waals surface area (Å²) in [5.74, 6) is -3.99. The first-order valence-electron chi connectivity index (χ1n) is 9.32. The molecule has 176 valence electrons. The number of amides is 1. The number of nitrogens with zero attached hydrogens (tertiary/aromatic N) is 5. The minimum Gasteiger partial charge on any atom is -0.465 e. The Morgan fingerprint density at radius 1 is 1.18 bits per heavy atom. The van der Waals surface area contributed by atoms with E-state index in [0.29, 0.717) is 17.0 Å². The van der Waals surface area contributed by atoms with Crippen molar-refractivity contribution in [3.63, 3.8) is 0 Å². The molecule has 1 aromatic carbocycles. The van der Waals surface area contributed by atoms with Crippen LogP contribution in [-0.2, 0) is 17.1 Å². The van der Waals surface area contributed by atoms with Crippen molar-refractivity contribution >= 4 is 27.6 Å². The van der Waals surface area contributed by atoms with Gasteiger partial charge >= 0.3 is 6.09 Å². The van der Waals surface area contributed by atoms with E-state index in [1.54, 1.807) is 0 Å². The number of nitrogens with one attached hydrogen (secondary N) is 1. The van der Waals surface area contributed by atoms with Gasteiger partial charge in [-0.25, -0.2) is 36.0 Å². The van der Waals surface area contributed by atoms with Gasteiger partial charge in [-0.2, -0.15) is 0 Å². The smallest absolute Gasteiger partial charge is 0.413 e. The van der Waals surface area contributed by atoms with Crippen molar-refractivity contribution < 1.29 is 31.5 Å². The molecule has 10 nitrogen and oxygen atoms in total. The van der Waals surface area contributed by atoms with Gasteiger partial charge in [0.2, 0.25) is 10.0 Å². The van der Waals surface area contributed by atoms with Gasteiger partial charge in [0.15, 0.2) is 23.1 Å². The number of hydrogen-bond acceptors (Lipinski definition) is 6. The molecular weight excluding hydrogens is 465 g/mol. The van der Waals surface area contributed by atoms with Crippen LogP contribution in [0.4, 0.5) is 29.5 Å². The maximum Gasteiger partial charge on any atom is 0.413 e. The summed E-state index contributed by atoms with van der Waals surface area (Å²) in [6, 6.07) is 2.43. The van der Waals surface area contributed by atoms with E-state index in [2.05, 4.69) is 20.0 Å². The summed E-state index contributed by atoms with van der Waals surface area (Å²) < 4.78 is 67.9. The zero-order valence-corrected chi connectivity index (χ0v) is 18.7. The molecule has 2 heterocycles. The highest BCUT2D eigenvalue weighted by Gasteiger charge is 2.32. The Labute approximate surface area is 186 Å². The Kier molecular flexibility index (Phi) is 6.31. The molecule has 0 fully saturated rings. The maximum absolute atomic E-state index is 14.4. The van der Waals surface area contributed by atoms with Crippen molar-refractivity contribution in [2.45, 2.75) is 19.9 Å². The highest BCUT2D eigenvalue weighted by molar-refractivity contribution is 7.92. The standard InChI is InChI=1S/C19H19F3N6O4S/c1-9-15(25-33(4,31)32)5-6-16(23-9)17-18(27(3)26-24-17)28(19(29)30)10(2)11-7-13(21)14(22)8-12(11)20/h5-8,10,25H,1-4H3,(H,29,30). The summed E-state index contributed by atoms with van der Waals surface area (Å²) in [4.78, 5) is 17.1.